The lowest BCUT2D eigenvalue weighted by Crippen LogP contribution is -2.10. The lowest BCUT2D eigenvalue weighted by atomic mass is 10.2. The van der Waals surface area contributed by atoms with Gasteiger partial charge in [-0.3, -0.25) is 9.48 Å². The summed E-state index contributed by atoms with van der Waals surface area (Å²) in [5.41, 5.74) is 2.36. The van der Waals surface area contributed by atoms with Crippen LogP contribution in [0.25, 0.3) is 0 Å². The standard InChI is InChI=1S/C14H12N2O3/c17-10-6-11-12(7-10)16(15-13(11)14(18)19)8-9-4-2-1-3-5-9/h1-5H,6-8H2,(H,18,19). The molecule has 0 bridgehead atoms. The Morgan fingerprint density at radius 1 is 1.26 bits per heavy atom. The molecule has 19 heavy (non-hydrogen) atoms. The van der Waals surface area contributed by atoms with E-state index in [4.69, 9.17) is 5.11 Å². The van der Waals surface area contributed by atoms with Gasteiger partial charge in [-0.1, -0.05) is 30.3 Å². The molecule has 96 valence electrons. The summed E-state index contributed by atoms with van der Waals surface area (Å²) >= 11 is 0. The van der Waals surface area contributed by atoms with Gasteiger partial charge >= 0.3 is 5.97 Å². The van der Waals surface area contributed by atoms with Gasteiger partial charge < -0.3 is 5.11 Å². The normalized spacial score (nSPS) is 13.6. The van der Waals surface area contributed by atoms with Crippen molar-refractivity contribution in [1.82, 2.24) is 9.78 Å². The minimum atomic E-state index is -1.07. The Kier molecular flexibility index (Phi) is 2.67. The van der Waals surface area contributed by atoms with E-state index in [0.717, 1.165) is 11.3 Å². The molecule has 0 saturated carbocycles. The van der Waals surface area contributed by atoms with Gasteiger partial charge in [-0.15, -0.1) is 0 Å². The van der Waals surface area contributed by atoms with Crippen LogP contribution in [0.5, 0.6) is 0 Å². The summed E-state index contributed by atoms with van der Waals surface area (Å²) in [6.07, 6.45) is 0.466. The molecule has 0 atom stereocenters. The zero-order valence-electron chi connectivity index (χ0n) is 10.2. The molecule has 0 aliphatic heterocycles. The first-order valence-electron chi connectivity index (χ1n) is 6.02. The molecule has 1 heterocycles. The van der Waals surface area contributed by atoms with Gasteiger partial charge in [0.1, 0.15) is 5.78 Å². The third kappa shape index (κ3) is 2.03. The van der Waals surface area contributed by atoms with Crippen molar-refractivity contribution in [1.29, 1.82) is 0 Å². The summed E-state index contributed by atoms with van der Waals surface area (Å²) in [5.74, 6) is -1.02. The zero-order chi connectivity index (χ0) is 13.4. The summed E-state index contributed by atoms with van der Waals surface area (Å²) in [6.45, 7) is 0.490. The molecule has 0 saturated heterocycles. The monoisotopic (exact) mass is 256 g/mol. The van der Waals surface area contributed by atoms with Gasteiger partial charge in [0.05, 0.1) is 12.2 Å². The van der Waals surface area contributed by atoms with Gasteiger partial charge in [0.15, 0.2) is 5.69 Å². The predicted molar refractivity (Wildman–Crippen MR) is 67.1 cm³/mol. The number of hydrogen-bond acceptors (Lipinski definition) is 3. The second-order valence-electron chi connectivity index (χ2n) is 4.61. The lowest BCUT2D eigenvalue weighted by Gasteiger charge is -2.04. The Balaban J connectivity index is 2.01. The highest BCUT2D eigenvalue weighted by Crippen LogP contribution is 2.24. The van der Waals surface area contributed by atoms with E-state index >= 15 is 0 Å². The van der Waals surface area contributed by atoms with Crippen molar-refractivity contribution in [3.63, 3.8) is 0 Å². The van der Waals surface area contributed by atoms with Crippen molar-refractivity contribution in [3.8, 4) is 0 Å². The summed E-state index contributed by atoms with van der Waals surface area (Å²) in [6, 6.07) is 9.66. The van der Waals surface area contributed by atoms with E-state index in [1.807, 2.05) is 30.3 Å². The molecule has 2 aromatic rings. The molecule has 1 aliphatic carbocycles. The molecule has 1 N–H and O–H groups in total. The SMILES string of the molecule is O=C1Cc2c(C(=O)O)nn(Cc3ccccc3)c2C1. The van der Waals surface area contributed by atoms with Gasteiger partial charge in [0.2, 0.25) is 0 Å². The molecule has 0 spiro atoms. The van der Waals surface area contributed by atoms with E-state index in [0.29, 0.717) is 12.1 Å². The number of carboxylic acid groups (broad SMARTS) is 1. The van der Waals surface area contributed by atoms with Crippen LogP contribution < -0.4 is 0 Å². The first-order chi connectivity index (χ1) is 9.15. The van der Waals surface area contributed by atoms with Gasteiger partial charge in [0, 0.05) is 18.4 Å². The van der Waals surface area contributed by atoms with E-state index in [-0.39, 0.29) is 24.3 Å². The number of nitrogens with zero attached hydrogens (tertiary/aromatic N) is 2. The first kappa shape index (κ1) is 11.6. The van der Waals surface area contributed by atoms with Crippen molar-refractivity contribution >= 4 is 11.8 Å². The number of aromatic carboxylic acids is 1. The molecule has 0 fully saturated rings. The number of carboxylic acids is 1. The highest BCUT2D eigenvalue weighted by Gasteiger charge is 2.30. The quantitative estimate of drug-likeness (QED) is 0.898. The van der Waals surface area contributed by atoms with Crippen LogP contribution >= 0.6 is 0 Å². The largest absolute Gasteiger partial charge is 0.476 e. The van der Waals surface area contributed by atoms with Crippen LogP contribution in [0.15, 0.2) is 30.3 Å². The van der Waals surface area contributed by atoms with Crippen LogP contribution in [0.2, 0.25) is 0 Å². The van der Waals surface area contributed by atoms with Crippen molar-refractivity contribution in [2.45, 2.75) is 19.4 Å². The van der Waals surface area contributed by atoms with Crippen LogP contribution in [0.4, 0.5) is 0 Å². The fraction of sp³-hybridized carbons (Fsp3) is 0.214. The Morgan fingerprint density at radius 2 is 2.00 bits per heavy atom. The molecule has 5 heteroatoms. The smallest absolute Gasteiger partial charge is 0.356 e. The van der Waals surface area contributed by atoms with Crippen LogP contribution in [-0.4, -0.2) is 26.6 Å². The highest BCUT2D eigenvalue weighted by atomic mass is 16.4. The molecule has 0 radical (unpaired) electrons. The van der Waals surface area contributed by atoms with Crippen LogP contribution in [-0.2, 0) is 24.2 Å². The highest BCUT2D eigenvalue weighted by molar-refractivity contribution is 5.94. The van der Waals surface area contributed by atoms with Crippen molar-refractivity contribution in [3.05, 3.63) is 52.8 Å². The van der Waals surface area contributed by atoms with Crippen molar-refractivity contribution in [2.75, 3.05) is 0 Å². The number of carbonyl (C=O) groups is 2. The Morgan fingerprint density at radius 3 is 2.68 bits per heavy atom. The maximum absolute atomic E-state index is 11.5. The van der Waals surface area contributed by atoms with Crippen LogP contribution in [0.1, 0.15) is 27.3 Å². The number of rotatable bonds is 3. The van der Waals surface area contributed by atoms with Gasteiger partial charge in [-0.2, -0.15) is 5.10 Å². The van der Waals surface area contributed by atoms with E-state index in [1.54, 1.807) is 4.68 Å². The Labute approximate surface area is 109 Å². The predicted octanol–water partition coefficient (Wildman–Crippen LogP) is 1.30. The summed E-state index contributed by atoms with van der Waals surface area (Å²) in [4.78, 5) is 22.7. The average molecular weight is 256 g/mol. The lowest BCUT2D eigenvalue weighted by molar-refractivity contribution is -0.117. The summed E-state index contributed by atoms with van der Waals surface area (Å²) in [5, 5.41) is 13.3. The first-order valence-corrected chi connectivity index (χ1v) is 6.02. The number of hydrogen-bond donors (Lipinski definition) is 1. The topological polar surface area (TPSA) is 72.2 Å². The number of aromatic nitrogens is 2. The number of fused-ring (bicyclic) bond motifs is 1. The second-order valence-corrected chi connectivity index (χ2v) is 4.61. The van der Waals surface area contributed by atoms with Gasteiger partial charge in [-0.25, -0.2) is 4.79 Å². The van der Waals surface area contributed by atoms with Crippen LogP contribution in [0.3, 0.4) is 0 Å². The fourth-order valence-corrected chi connectivity index (χ4v) is 2.42. The fourth-order valence-electron chi connectivity index (χ4n) is 2.42. The van der Waals surface area contributed by atoms with Gasteiger partial charge in [-0.05, 0) is 5.56 Å². The zero-order valence-corrected chi connectivity index (χ0v) is 10.2. The number of Topliss-reactive ketones (excluding diaryl/α,β-unsaturated/α-hetero) is 1. The molecular formula is C14H12N2O3. The van der Waals surface area contributed by atoms with E-state index < -0.39 is 5.97 Å². The third-order valence-corrected chi connectivity index (χ3v) is 3.28. The molecule has 1 aromatic carbocycles. The minimum absolute atomic E-state index is 0.0109. The maximum atomic E-state index is 11.5. The maximum Gasteiger partial charge on any atom is 0.356 e. The molecule has 0 amide bonds. The Bertz CT molecular complexity index is 659. The molecule has 0 unspecified atom stereocenters. The molecule has 1 aliphatic rings. The second kappa shape index (κ2) is 4.35. The van der Waals surface area contributed by atoms with E-state index in [1.165, 1.54) is 0 Å². The van der Waals surface area contributed by atoms with E-state index in [2.05, 4.69) is 5.10 Å². The number of benzene rings is 1. The summed E-state index contributed by atoms with van der Waals surface area (Å²) in [7, 11) is 0. The minimum Gasteiger partial charge on any atom is -0.476 e. The van der Waals surface area contributed by atoms with E-state index in [9.17, 15) is 9.59 Å². The average Bonchev–Trinajstić information content (AvgIpc) is 2.90. The number of carbonyl (C=O) groups excluding carboxylic acids is 1. The number of ketones is 1. The van der Waals surface area contributed by atoms with Gasteiger partial charge in [0.25, 0.3) is 0 Å². The molecular weight excluding hydrogens is 244 g/mol. The molecule has 1 aromatic heterocycles. The van der Waals surface area contributed by atoms with Crippen molar-refractivity contribution in [2.24, 2.45) is 0 Å². The van der Waals surface area contributed by atoms with Crippen LogP contribution in [0, 0.1) is 0 Å². The third-order valence-electron chi connectivity index (χ3n) is 3.28. The molecule has 5 nitrogen and oxygen atoms in total. The van der Waals surface area contributed by atoms with Crippen molar-refractivity contribution < 1.29 is 14.7 Å². The summed E-state index contributed by atoms with van der Waals surface area (Å²) < 4.78 is 1.64. The molecule has 3 rings (SSSR count). The Hall–Kier alpha value is -2.43.